The van der Waals surface area contributed by atoms with Crippen molar-refractivity contribution in [3.8, 4) is 0 Å². The quantitative estimate of drug-likeness (QED) is 0.586. The molecule has 31 heavy (non-hydrogen) atoms. The van der Waals surface area contributed by atoms with Crippen LogP contribution in [0.3, 0.4) is 0 Å². The summed E-state index contributed by atoms with van der Waals surface area (Å²) in [5.41, 5.74) is 1.28. The van der Waals surface area contributed by atoms with Crippen LogP contribution < -0.4 is 10.2 Å². The predicted octanol–water partition coefficient (Wildman–Crippen LogP) is 2.82. The highest BCUT2D eigenvalue weighted by Gasteiger charge is 2.43. The van der Waals surface area contributed by atoms with Crippen molar-refractivity contribution in [3.63, 3.8) is 0 Å². The highest BCUT2D eigenvalue weighted by atomic mass is 19.1. The second-order valence-electron chi connectivity index (χ2n) is 7.76. The van der Waals surface area contributed by atoms with Crippen LogP contribution in [0.2, 0.25) is 0 Å². The number of nitrogens with one attached hydrogen (secondary N) is 1. The lowest BCUT2D eigenvalue weighted by atomic mass is 10.0. The number of anilines is 2. The molecule has 162 valence electrons. The van der Waals surface area contributed by atoms with E-state index in [2.05, 4.69) is 10.1 Å². The first-order valence-electron chi connectivity index (χ1n) is 10.3. The number of halogens is 1. The molecule has 8 heteroatoms. The molecular weight excluding hydrogens is 401 g/mol. The zero-order chi connectivity index (χ0) is 22.0. The van der Waals surface area contributed by atoms with E-state index in [0.29, 0.717) is 30.0 Å². The van der Waals surface area contributed by atoms with E-state index in [9.17, 15) is 18.8 Å². The standard InChI is InChI=1S/C23H24FN3O4/c1-31-23(30)15-6-8-17(9-7-15)27-21(28)14-20(22(27)29)26-12-10-16(11-13-26)25-19-5-3-2-4-18(19)24/h2-9,16,20,25H,10-14H2,1H3/t20-/m1/s1. The van der Waals surface area contributed by atoms with Crippen LogP contribution in [0, 0.1) is 5.82 Å². The Morgan fingerprint density at radius 3 is 2.39 bits per heavy atom. The van der Waals surface area contributed by atoms with Gasteiger partial charge < -0.3 is 10.1 Å². The molecule has 0 spiro atoms. The van der Waals surface area contributed by atoms with Gasteiger partial charge in [0.2, 0.25) is 5.91 Å². The minimum atomic E-state index is -0.498. The number of methoxy groups -OCH3 is 1. The lowest BCUT2D eigenvalue weighted by molar-refractivity contribution is -0.123. The first kappa shape index (κ1) is 21.0. The second kappa shape index (κ2) is 8.85. The normalized spacial score (nSPS) is 20.2. The van der Waals surface area contributed by atoms with Crippen molar-refractivity contribution in [2.75, 3.05) is 30.4 Å². The molecule has 4 rings (SSSR count). The van der Waals surface area contributed by atoms with E-state index in [1.54, 1.807) is 30.3 Å². The van der Waals surface area contributed by atoms with Gasteiger partial charge in [0.05, 0.1) is 36.5 Å². The minimum Gasteiger partial charge on any atom is -0.465 e. The number of rotatable bonds is 5. The average molecular weight is 425 g/mol. The van der Waals surface area contributed by atoms with Crippen molar-refractivity contribution in [1.82, 2.24) is 4.90 Å². The maximum atomic E-state index is 13.9. The fraction of sp³-hybridized carbons (Fsp3) is 0.348. The number of likely N-dealkylation sites (tertiary alicyclic amines) is 1. The van der Waals surface area contributed by atoms with E-state index in [0.717, 1.165) is 12.8 Å². The number of hydrogen-bond acceptors (Lipinski definition) is 6. The van der Waals surface area contributed by atoms with Gasteiger partial charge in [-0.05, 0) is 49.2 Å². The molecule has 0 bridgehead atoms. The maximum absolute atomic E-state index is 13.9. The summed E-state index contributed by atoms with van der Waals surface area (Å²) in [6.07, 6.45) is 1.63. The molecule has 1 N–H and O–H groups in total. The topological polar surface area (TPSA) is 79.0 Å². The van der Waals surface area contributed by atoms with Gasteiger partial charge in [-0.1, -0.05) is 12.1 Å². The van der Waals surface area contributed by atoms with E-state index in [-0.39, 0.29) is 30.1 Å². The number of carbonyl (C=O) groups excluding carboxylic acids is 3. The molecule has 0 unspecified atom stereocenters. The first-order chi connectivity index (χ1) is 15.0. The van der Waals surface area contributed by atoms with Gasteiger partial charge in [-0.3, -0.25) is 14.5 Å². The number of piperidine rings is 1. The van der Waals surface area contributed by atoms with Gasteiger partial charge in [0.1, 0.15) is 5.82 Å². The molecule has 0 radical (unpaired) electrons. The van der Waals surface area contributed by atoms with E-state index in [4.69, 9.17) is 0 Å². The van der Waals surface area contributed by atoms with Gasteiger partial charge in [-0.2, -0.15) is 0 Å². The molecule has 2 saturated heterocycles. The van der Waals surface area contributed by atoms with Crippen molar-refractivity contribution in [3.05, 3.63) is 59.9 Å². The first-order valence-corrected chi connectivity index (χ1v) is 10.3. The maximum Gasteiger partial charge on any atom is 0.337 e. The van der Waals surface area contributed by atoms with E-state index < -0.39 is 12.0 Å². The average Bonchev–Trinajstić information content (AvgIpc) is 3.09. The number of imide groups is 1. The Morgan fingerprint density at radius 1 is 1.06 bits per heavy atom. The molecular formula is C23H24FN3O4. The van der Waals surface area contributed by atoms with Crippen LogP contribution >= 0.6 is 0 Å². The monoisotopic (exact) mass is 425 g/mol. The molecule has 0 aliphatic carbocycles. The number of esters is 1. The van der Waals surface area contributed by atoms with Crippen LogP contribution in [0.5, 0.6) is 0 Å². The van der Waals surface area contributed by atoms with Crippen LogP contribution in [0.25, 0.3) is 0 Å². The summed E-state index contributed by atoms with van der Waals surface area (Å²) in [7, 11) is 1.30. The summed E-state index contributed by atoms with van der Waals surface area (Å²) in [6.45, 7) is 1.29. The molecule has 1 atom stereocenters. The van der Waals surface area contributed by atoms with Crippen molar-refractivity contribution in [2.45, 2.75) is 31.3 Å². The van der Waals surface area contributed by atoms with Gasteiger partial charge in [0.25, 0.3) is 5.91 Å². The van der Waals surface area contributed by atoms with E-state index >= 15 is 0 Å². The molecule has 2 heterocycles. The minimum absolute atomic E-state index is 0.113. The fourth-order valence-corrected chi connectivity index (χ4v) is 4.19. The molecule has 2 aliphatic rings. The number of ether oxygens (including phenoxy) is 1. The molecule has 0 saturated carbocycles. The van der Waals surface area contributed by atoms with Gasteiger partial charge in [-0.15, -0.1) is 0 Å². The summed E-state index contributed by atoms with van der Waals surface area (Å²) in [5.74, 6) is -1.27. The Kier molecular flexibility index (Phi) is 5.99. The highest BCUT2D eigenvalue weighted by molar-refractivity contribution is 6.22. The number of amides is 2. The summed E-state index contributed by atoms with van der Waals surface area (Å²) in [4.78, 5) is 40.4. The lowest BCUT2D eigenvalue weighted by Crippen LogP contribution is -2.48. The number of benzene rings is 2. The van der Waals surface area contributed by atoms with Crippen molar-refractivity contribution in [2.24, 2.45) is 0 Å². The SMILES string of the molecule is COC(=O)c1ccc(N2C(=O)C[C@@H](N3CCC(Nc4ccccc4F)CC3)C2=O)cc1. The third-order valence-electron chi connectivity index (χ3n) is 5.87. The Hall–Kier alpha value is -3.26. The van der Waals surface area contributed by atoms with Crippen LogP contribution in [0.15, 0.2) is 48.5 Å². The third kappa shape index (κ3) is 4.29. The molecule has 0 aromatic heterocycles. The summed E-state index contributed by atoms with van der Waals surface area (Å²) in [5, 5.41) is 3.23. The van der Waals surface area contributed by atoms with E-state index in [1.807, 2.05) is 4.90 Å². The molecule has 2 fully saturated rings. The molecule has 2 amide bonds. The van der Waals surface area contributed by atoms with Gasteiger partial charge in [-0.25, -0.2) is 14.1 Å². The second-order valence-corrected chi connectivity index (χ2v) is 7.76. The number of carbonyl (C=O) groups is 3. The number of para-hydroxylation sites is 1. The highest BCUT2D eigenvalue weighted by Crippen LogP contribution is 2.28. The lowest BCUT2D eigenvalue weighted by Gasteiger charge is -2.35. The Labute approximate surface area is 179 Å². The predicted molar refractivity (Wildman–Crippen MR) is 113 cm³/mol. The summed E-state index contributed by atoms with van der Waals surface area (Å²) >= 11 is 0. The van der Waals surface area contributed by atoms with Crippen LogP contribution in [0.4, 0.5) is 15.8 Å². The van der Waals surface area contributed by atoms with Crippen LogP contribution in [-0.2, 0) is 14.3 Å². The fourth-order valence-electron chi connectivity index (χ4n) is 4.19. The zero-order valence-electron chi connectivity index (χ0n) is 17.2. The van der Waals surface area contributed by atoms with Gasteiger partial charge in [0.15, 0.2) is 0 Å². The van der Waals surface area contributed by atoms with Gasteiger partial charge >= 0.3 is 5.97 Å². The summed E-state index contributed by atoms with van der Waals surface area (Å²) in [6, 6.07) is 12.4. The Balaban J connectivity index is 1.38. The molecule has 2 aromatic rings. The van der Waals surface area contributed by atoms with Gasteiger partial charge in [0, 0.05) is 19.1 Å². The zero-order valence-corrected chi connectivity index (χ0v) is 17.2. The van der Waals surface area contributed by atoms with Crippen LogP contribution in [-0.4, -0.2) is 55.0 Å². The number of nitrogens with zero attached hydrogens (tertiary/aromatic N) is 2. The van der Waals surface area contributed by atoms with Crippen LogP contribution in [0.1, 0.15) is 29.6 Å². The Morgan fingerprint density at radius 2 is 1.74 bits per heavy atom. The molecule has 2 aromatic carbocycles. The van der Waals surface area contributed by atoms with Crippen molar-refractivity contribution < 1.29 is 23.5 Å². The smallest absolute Gasteiger partial charge is 0.337 e. The molecule has 2 aliphatic heterocycles. The Bertz CT molecular complexity index is 987. The molecule has 7 nitrogen and oxygen atoms in total. The van der Waals surface area contributed by atoms with Crippen molar-refractivity contribution in [1.29, 1.82) is 0 Å². The third-order valence-corrected chi connectivity index (χ3v) is 5.87. The largest absolute Gasteiger partial charge is 0.465 e. The summed E-state index contributed by atoms with van der Waals surface area (Å²) < 4.78 is 18.5. The van der Waals surface area contributed by atoms with E-state index in [1.165, 1.54) is 30.2 Å². The number of hydrogen-bond donors (Lipinski definition) is 1. The van der Waals surface area contributed by atoms with Crippen molar-refractivity contribution >= 4 is 29.2 Å².